The second kappa shape index (κ2) is 7.53. The summed E-state index contributed by atoms with van der Waals surface area (Å²) in [6, 6.07) is 21.4. The van der Waals surface area contributed by atoms with Crippen molar-refractivity contribution in [1.29, 1.82) is 0 Å². The van der Waals surface area contributed by atoms with Crippen molar-refractivity contribution in [2.45, 2.75) is 6.04 Å². The molecule has 0 amide bonds. The fraction of sp³-hybridized carbons (Fsp3) is 0.0476. The molecular weight excluding hydrogens is 324 g/mol. The number of rotatable bonds is 6. The second-order valence-electron chi connectivity index (χ2n) is 5.78. The van der Waals surface area contributed by atoms with E-state index in [0.29, 0.717) is 0 Å². The zero-order chi connectivity index (χ0) is 17.6. The summed E-state index contributed by atoms with van der Waals surface area (Å²) in [6.45, 7) is 0. The molecule has 2 aromatic carbocycles. The predicted octanol–water partition coefficient (Wildman–Crippen LogP) is 4.80. The molecule has 0 bridgehead atoms. The minimum absolute atomic E-state index is 0.134. The van der Waals surface area contributed by atoms with Gasteiger partial charge in [0.1, 0.15) is 23.4 Å². The Morgan fingerprint density at radius 1 is 0.885 bits per heavy atom. The monoisotopic (exact) mass is 342 g/mol. The molecule has 5 nitrogen and oxygen atoms in total. The molecule has 26 heavy (non-hydrogen) atoms. The summed E-state index contributed by atoms with van der Waals surface area (Å²) in [7, 11) is 0. The van der Waals surface area contributed by atoms with Gasteiger partial charge >= 0.3 is 0 Å². The number of pyridine rings is 1. The normalized spacial score (nSPS) is 11.7. The van der Waals surface area contributed by atoms with E-state index in [4.69, 9.17) is 4.74 Å². The Morgan fingerprint density at radius 2 is 1.77 bits per heavy atom. The van der Waals surface area contributed by atoms with Gasteiger partial charge < -0.3 is 15.0 Å². The Kier molecular flexibility index (Phi) is 4.60. The van der Waals surface area contributed by atoms with Crippen molar-refractivity contribution < 1.29 is 4.74 Å². The largest absolute Gasteiger partial charge is 0.457 e. The van der Waals surface area contributed by atoms with Crippen LogP contribution in [0, 0.1) is 0 Å². The fourth-order valence-electron chi connectivity index (χ4n) is 2.73. The smallest absolute Gasteiger partial charge is 0.133 e. The van der Waals surface area contributed by atoms with Crippen molar-refractivity contribution >= 4 is 5.69 Å². The first kappa shape index (κ1) is 15.9. The number of para-hydroxylation sites is 1. The number of nitrogens with one attached hydrogen (secondary N) is 2. The fourth-order valence-corrected chi connectivity index (χ4v) is 2.73. The molecule has 2 N–H and O–H groups in total. The topological polar surface area (TPSA) is 62.8 Å². The maximum absolute atomic E-state index is 5.92. The van der Waals surface area contributed by atoms with Crippen molar-refractivity contribution in [2.24, 2.45) is 0 Å². The summed E-state index contributed by atoms with van der Waals surface area (Å²) in [6.07, 6.45) is 7.16. The number of hydrogen-bond donors (Lipinski definition) is 2. The Labute approximate surface area is 151 Å². The highest BCUT2D eigenvalue weighted by atomic mass is 16.5. The van der Waals surface area contributed by atoms with Crippen LogP contribution in [0.4, 0.5) is 5.69 Å². The van der Waals surface area contributed by atoms with E-state index >= 15 is 0 Å². The average molecular weight is 342 g/mol. The molecule has 0 spiro atoms. The number of hydrogen-bond acceptors (Lipinski definition) is 4. The zero-order valence-corrected chi connectivity index (χ0v) is 14.0. The van der Waals surface area contributed by atoms with E-state index in [2.05, 4.69) is 20.3 Å². The number of anilines is 1. The molecule has 2 heterocycles. The van der Waals surface area contributed by atoms with Crippen LogP contribution in [0.1, 0.15) is 17.4 Å². The van der Waals surface area contributed by atoms with Crippen LogP contribution >= 0.6 is 0 Å². The van der Waals surface area contributed by atoms with Crippen LogP contribution in [0.3, 0.4) is 0 Å². The average Bonchev–Trinajstić information content (AvgIpc) is 3.22. The number of H-pyrrole nitrogens is 1. The number of nitrogens with zero attached hydrogens (tertiary/aromatic N) is 2. The molecule has 0 aliphatic rings. The number of aromatic amines is 1. The minimum Gasteiger partial charge on any atom is -0.457 e. The van der Waals surface area contributed by atoms with E-state index in [1.807, 2.05) is 79.1 Å². The van der Waals surface area contributed by atoms with Crippen LogP contribution in [0.5, 0.6) is 11.5 Å². The predicted molar refractivity (Wildman–Crippen MR) is 101 cm³/mol. The van der Waals surface area contributed by atoms with Crippen LogP contribution in [-0.4, -0.2) is 15.0 Å². The molecule has 0 unspecified atom stereocenters. The highest BCUT2D eigenvalue weighted by molar-refractivity contribution is 5.52. The molecule has 0 saturated carbocycles. The SMILES string of the molecule is c1ccc(Oc2cccc(N[C@H](c3cccnc3)c3ncc[nH]3)c2)cc1. The van der Waals surface area contributed by atoms with Gasteiger partial charge in [-0.05, 0) is 30.3 Å². The van der Waals surface area contributed by atoms with E-state index in [1.54, 1.807) is 12.4 Å². The molecule has 4 rings (SSSR count). The highest BCUT2D eigenvalue weighted by Crippen LogP contribution is 2.28. The van der Waals surface area contributed by atoms with Gasteiger partial charge in [0.25, 0.3) is 0 Å². The van der Waals surface area contributed by atoms with Crippen LogP contribution in [-0.2, 0) is 0 Å². The van der Waals surface area contributed by atoms with Crippen LogP contribution in [0.15, 0.2) is 91.5 Å². The standard InChI is InChI=1S/C21H18N4O/c1-2-8-18(9-3-1)26-19-10-4-7-17(14-19)25-20(21-23-12-13-24-21)16-6-5-11-22-15-16/h1-15,20,25H,(H,23,24)/t20-/m1/s1. The van der Waals surface area contributed by atoms with E-state index in [1.165, 1.54) is 0 Å². The van der Waals surface area contributed by atoms with Crippen molar-refractivity contribution in [1.82, 2.24) is 15.0 Å². The maximum Gasteiger partial charge on any atom is 0.133 e. The third-order valence-corrected chi connectivity index (χ3v) is 3.93. The van der Waals surface area contributed by atoms with Crippen LogP contribution in [0.2, 0.25) is 0 Å². The second-order valence-corrected chi connectivity index (χ2v) is 5.78. The molecule has 128 valence electrons. The van der Waals surface area contributed by atoms with Crippen molar-refractivity contribution in [3.63, 3.8) is 0 Å². The first-order chi connectivity index (χ1) is 12.9. The number of ether oxygens (including phenoxy) is 1. The quantitative estimate of drug-likeness (QED) is 0.528. The molecule has 2 aromatic heterocycles. The number of aromatic nitrogens is 3. The lowest BCUT2D eigenvalue weighted by atomic mass is 10.1. The van der Waals surface area contributed by atoms with Gasteiger partial charge in [0.2, 0.25) is 0 Å². The number of benzene rings is 2. The summed E-state index contributed by atoms with van der Waals surface area (Å²) in [5, 5.41) is 3.51. The Hall–Kier alpha value is -3.60. The van der Waals surface area contributed by atoms with Gasteiger partial charge in [-0.15, -0.1) is 0 Å². The summed E-state index contributed by atoms with van der Waals surface area (Å²) < 4.78 is 5.92. The van der Waals surface area contributed by atoms with Crippen molar-refractivity contribution in [3.05, 3.63) is 103 Å². The molecule has 0 radical (unpaired) electrons. The lowest BCUT2D eigenvalue weighted by Crippen LogP contribution is -2.14. The Morgan fingerprint density at radius 3 is 2.54 bits per heavy atom. The minimum atomic E-state index is -0.134. The molecule has 0 fully saturated rings. The van der Waals surface area contributed by atoms with Gasteiger partial charge in [0.05, 0.1) is 0 Å². The first-order valence-corrected chi connectivity index (χ1v) is 8.37. The van der Waals surface area contributed by atoms with Crippen LogP contribution in [0.25, 0.3) is 0 Å². The van der Waals surface area contributed by atoms with Crippen LogP contribution < -0.4 is 10.1 Å². The molecular formula is C21H18N4O. The molecule has 0 aliphatic heterocycles. The van der Waals surface area contributed by atoms with E-state index < -0.39 is 0 Å². The van der Waals surface area contributed by atoms with E-state index in [0.717, 1.165) is 28.6 Å². The Balaban J connectivity index is 1.59. The Bertz CT molecular complexity index is 940. The summed E-state index contributed by atoms with van der Waals surface area (Å²) in [4.78, 5) is 11.8. The third kappa shape index (κ3) is 3.72. The third-order valence-electron chi connectivity index (χ3n) is 3.93. The summed E-state index contributed by atoms with van der Waals surface area (Å²) in [5.41, 5.74) is 1.96. The molecule has 0 aliphatic carbocycles. The zero-order valence-electron chi connectivity index (χ0n) is 14.0. The van der Waals surface area contributed by atoms with Gasteiger partial charge in [0.15, 0.2) is 0 Å². The van der Waals surface area contributed by atoms with Gasteiger partial charge in [0, 0.05) is 42.1 Å². The molecule has 5 heteroatoms. The van der Waals surface area contributed by atoms with Gasteiger partial charge in [-0.2, -0.15) is 0 Å². The van der Waals surface area contributed by atoms with Crippen molar-refractivity contribution in [3.8, 4) is 11.5 Å². The molecule has 0 saturated heterocycles. The van der Waals surface area contributed by atoms with Gasteiger partial charge in [-0.1, -0.05) is 30.3 Å². The van der Waals surface area contributed by atoms with Gasteiger partial charge in [-0.25, -0.2) is 4.98 Å². The maximum atomic E-state index is 5.92. The van der Waals surface area contributed by atoms with E-state index in [9.17, 15) is 0 Å². The number of imidazole rings is 1. The highest BCUT2D eigenvalue weighted by Gasteiger charge is 2.16. The lowest BCUT2D eigenvalue weighted by molar-refractivity contribution is 0.483. The van der Waals surface area contributed by atoms with E-state index in [-0.39, 0.29) is 6.04 Å². The summed E-state index contributed by atoms with van der Waals surface area (Å²) >= 11 is 0. The summed E-state index contributed by atoms with van der Waals surface area (Å²) in [5.74, 6) is 2.40. The molecule has 1 atom stereocenters. The van der Waals surface area contributed by atoms with Crippen molar-refractivity contribution in [2.75, 3.05) is 5.32 Å². The molecule has 4 aromatic rings. The lowest BCUT2D eigenvalue weighted by Gasteiger charge is -2.18. The first-order valence-electron chi connectivity index (χ1n) is 8.37. The van der Waals surface area contributed by atoms with Gasteiger partial charge in [-0.3, -0.25) is 4.98 Å².